The van der Waals surface area contributed by atoms with Gasteiger partial charge in [0.1, 0.15) is 0 Å². The van der Waals surface area contributed by atoms with E-state index in [0.717, 1.165) is 0 Å². The molecule has 0 radical (unpaired) electrons. The third-order valence-electron chi connectivity index (χ3n) is 2.17. The van der Waals surface area contributed by atoms with Crippen LogP contribution in [0.25, 0.3) is 0 Å². The third-order valence-corrected chi connectivity index (χ3v) is 2.17. The number of carbonyl (C=O) groups excluding carboxylic acids is 1. The van der Waals surface area contributed by atoms with Crippen molar-refractivity contribution in [1.29, 1.82) is 0 Å². The molecule has 2 heterocycles. The number of aromatic nitrogens is 5. The molecule has 0 aromatic carbocycles. The van der Waals surface area contributed by atoms with Crippen LogP contribution in [0.2, 0.25) is 0 Å². The Morgan fingerprint density at radius 1 is 1.59 bits per heavy atom. The number of aryl methyl sites for hydroxylation is 1. The van der Waals surface area contributed by atoms with Crippen LogP contribution in [-0.4, -0.2) is 37.2 Å². The summed E-state index contributed by atoms with van der Waals surface area (Å²) in [6, 6.07) is 0. The predicted octanol–water partition coefficient (Wildman–Crippen LogP) is -0.976. The Morgan fingerprint density at radius 2 is 2.41 bits per heavy atom. The summed E-state index contributed by atoms with van der Waals surface area (Å²) in [5.74, 6) is -0.289. The van der Waals surface area contributed by atoms with Crippen LogP contribution in [-0.2, 0) is 13.6 Å². The summed E-state index contributed by atoms with van der Waals surface area (Å²) in [5, 5.41) is 14.1. The van der Waals surface area contributed by atoms with E-state index in [9.17, 15) is 4.79 Å². The first-order valence-corrected chi connectivity index (χ1v) is 5.08. The van der Waals surface area contributed by atoms with Gasteiger partial charge >= 0.3 is 0 Å². The molecule has 8 nitrogen and oxygen atoms in total. The van der Waals surface area contributed by atoms with Crippen molar-refractivity contribution in [2.75, 3.05) is 12.3 Å². The molecule has 1 amide bonds. The average molecular weight is 235 g/mol. The van der Waals surface area contributed by atoms with Gasteiger partial charge in [0, 0.05) is 26.0 Å². The molecule has 0 saturated carbocycles. The number of nitrogens with two attached hydrogens (primary N) is 1. The molecular weight excluding hydrogens is 222 g/mol. The molecule has 17 heavy (non-hydrogen) atoms. The fourth-order valence-electron chi connectivity index (χ4n) is 1.40. The Kier molecular flexibility index (Phi) is 3.03. The van der Waals surface area contributed by atoms with Gasteiger partial charge in [-0.05, 0) is 0 Å². The second-order valence-corrected chi connectivity index (χ2v) is 3.53. The van der Waals surface area contributed by atoms with E-state index in [1.807, 2.05) is 0 Å². The number of nitrogens with zero attached hydrogens (tertiary/aromatic N) is 5. The molecule has 0 aliphatic rings. The van der Waals surface area contributed by atoms with Crippen LogP contribution in [0.3, 0.4) is 0 Å². The standard InChI is InChI=1S/C9H13N7O/c1-15-6-7(10)8(13-15)9(17)11-2-4-16-5-3-12-14-16/h3,5-6H,2,4,10H2,1H3,(H,11,17). The van der Waals surface area contributed by atoms with Crippen LogP contribution in [0, 0.1) is 0 Å². The zero-order valence-electron chi connectivity index (χ0n) is 9.37. The molecule has 2 aromatic heterocycles. The second-order valence-electron chi connectivity index (χ2n) is 3.53. The highest BCUT2D eigenvalue weighted by molar-refractivity contribution is 5.96. The topological polar surface area (TPSA) is 104 Å². The van der Waals surface area contributed by atoms with Crippen molar-refractivity contribution in [1.82, 2.24) is 30.1 Å². The quantitative estimate of drug-likeness (QED) is 0.709. The van der Waals surface area contributed by atoms with E-state index in [1.165, 1.54) is 4.68 Å². The van der Waals surface area contributed by atoms with E-state index in [4.69, 9.17) is 5.73 Å². The highest BCUT2D eigenvalue weighted by Gasteiger charge is 2.12. The zero-order chi connectivity index (χ0) is 12.3. The lowest BCUT2D eigenvalue weighted by Crippen LogP contribution is -2.28. The summed E-state index contributed by atoms with van der Waals surface area (Å²) < 4.78 is 3.13. The number of hydrogen-bond acceptors (Lipinski definition) is 5. The molecule has 2 aromatic rings. The van der Waals surface area contributed by atoms with E-state index in [2.05, 4.69) is 20.7 Å². The lowest BCUT2D eigenvalue weighted by atomic mass is 10.3. The fraction of sp³-hybridized carbons (Fsp3) is 0.333. The van der Waals surface area contributed by atoms with Crippen LogP contribution in [0.5, 0.6) is 0 Å². The molecule has 8 heteroatoms. The Bertz CT molecular complexity index is 501. The smallest absolute Gasteiger partial charge is 0.274 e. The Morgan fingerprint density at radius 3 is 3.00 bits per heavy atom. The molecule has 0 bridgehead atoms. The molecule has 0 atom stereocenters. The van der Waals surface area contributed by atoms with Gasteiger partial charge in [0.05, 0.1) is 18.4 Å². The fourth-order valence-corrected chi connectivity index (χ4v) is 1.40. The highest BCUT2D eigenvalue weighted by atomic mass is 16.2. The highest BCUT2D eigenvalue weighted by Crippen LogP contribution is 2.06. The van der Waals surface area contributed by atoms with Gasteiger partial charge in [0.25, 0.3) is 5.91 Å². The van der Waals surface area contributed by atoms with E-state index < -0.39 is 0 Å². The van der Waals surface area contributed by atoms with E-state index in [1.54, 1.807) is 30.3 Å². The largest absolute Gasteiger partial charge is 0.396 e. The maximum Gasteiger partial charge on any atom is 0.274 e. The zero-order valence-corrected chi connectivity index (χ0v) is 9.37. The van der Waals surface area contributed by atoms with Gasteiger partial charge in [-0.2, -0.15) is 5.10 Å². The van der Waals surface area contributed by atoms with Gasteiger partial charge in [-0.25, -0.2) is 0 Å². The number of hydrogen-bond donors (Lipinski definition) is 2. The summed E-state index contributed by atoms with van der Waals surface area (Å²) in [7, 11) is 1.71. The number of anilines is 1. The first-order valence-electron chi connectivity index (χ1n) is 5.08. The van der Waals surface area contributed by atoms with Crippen LogP contribution in [0.15, 0.2) is 18.6 Å². The molecule has 0 aliphatic heterocycles. The predicted molar refractivity (Wildman–Crippen MR) is 60.0 cm³/mol. The van der Waals surface area contributed by atoms with Crippen LogP contribution in [0.4, 0.5) is 5.69 Å². The minimum absolute atomic E-state index is 0.242. The summed E-state index contributed by atoms with van der Waals surface area (Å²) in [6.45, 7) is 0.997. The number of amides is 1. The van der Waals surface area contributed by atoms with Crippen LogP contribution >= 0.6 is 0 Å². The van der Waals surface area contributed by atoms with Crippen molar-refractivity contribution in [3.8, 4) is 0 Å². The van der Waals surface area contributed by atoms with Crippen molar-refractivity contribution >= 4 is 11.6 Å². The van der Waals surface area contributed by atoms with Gasteiger partial charge in [-0.15, -0.1) is 5.10 Å². The summed E-state index contributed by atoms with van der Waals surface area (Å²) >= 11 is 0. The Balaban J connectivity index is 1.87. The maximum absolute atomic E-state index is 11.7. The van der Waals surface area contributed by atoms with E-state index in [-0.39, 0.29) is 11.6 Å². The molecule has 0 saturated heterocycles. The Labute approximate surface area is 97.4 Å². The van der Waals surface area contributed by atoms with Gasteiger partial charge in [0.2, 0.25) is 0 Å². The molecular formula is C9H13N7O. The minimum Gasteiger partial charge on any atom is -0.396 e. The first kappa shape index (κ1) is 11.1. The number of carbonyl (C=O) groups is 1. The molecule has 3 N–H and O–H groups in total. The monoisotopic (exact) mass is 235 g/mol. The minimum atomic E-state index is -0.289. The summed E-state index contributed by atoms with van der Waals surface area (Å²) in [6.07, 6.45) is 4.90. The molecule has 90 valence electrons. The number of rotatable bonds is 4. The van der Waals surface area contributed by atoms with Crippen LogP contribution < -0.4 is 11.1 Å². The first-order chi connectivity index (χ1) is 8.16. The Hall–Kier alpha value is -2.38. The van der Waals surface area contributed by atoms with Crippen molar-refractivity contribution in [2.45, 2.75) is 6.54 Å². The van der Waals surface area contributed by atoms with Crippen molar-refractivity contribution in [3.05, 3.63) is 24.3 Å². The van der Waals surface area contributed by atoms with Crippen LogP contribution in [0.1, 0.15) is 10.5 Å². The lowest BCUT2D eigenvalue weighted by Gasteiger charge is -2.03. The third kappa shape index (κ3) is 2.60. The normalized spacial score (nSPS) is 10.4. The van der Waals surface area contributed by atoms with E-state index in [0.29, 0.717) is 18.8 Å². The molecule has 0 unspecified atom stereocenters. The van der Waals surface area contributed by atoms with Crippen molar-refractivity contribution in [2.24, 2.45) is 7.05 Å². The van der Waals surface area contributed by atoms with Gasteiger partial charge in [-0.1, -0.05) is 5.21 Å². The molecule has 0 aliphatic carbocycles. The van der Waals surface area contributed by atoms with Crippen molar-refractivity contribution < 1.29 is 4.79 Å². The number of nitrogen functional groups attached to an aromatic ring is 1. The van der Waals surface area contributed by atoms with Gasteiger partial charge in [-0.3, -0.25) is 14.2 Å². The second kappa shape index (κ2) is 4.64. The SMILES string of the molecule is Cn1cc(N)c(C(=O)NCCn2ccnn2)n1. The van der Waals surface area contributed by atoms with E-state index >= 15 is 0 Å². The number of nitrogens with one attached hydrogen (secondary N) is 1. The average Bonchev–Trinajstić information content (AvgIpc) is 2.88. The maximum atomic E-state index is 11.7. The molecule has 2 rings (SSSR count). The molecule has 0 spiro atoms. The summed E-state index contributed by atoms with van der Waals surface area (Å²) in [5.41, 5.74) is 6.25. The van der Waals surface area contributed by atoms with Gasteiger partial charge in [0.15, 0.2) is 5.69 Å². The van der Waals surface area contributed by atoms with Crippen molar-refractivity contribution in [3.63, 3.8) is 0 Å². The van der Waals surface area contributed by atoms with Gasteiger partial charge < -0.3 is 11.1 Å². The summed E-state index contributed by atoms with van der Waals surface area (Å²) in [4.78, 5) is 11.7. The lowest BCUT2D eigenvalue weighted by molar-refractivity contribution is 0.0947. The molecule has 0 fully saturated rings.